The highest BCUT2D eigenvalue weighted by Gasteiger charge is 2.16. The first-order valence-electron chi connectivity index (χ1n) is 6.90. The number of carboxylic acid groups (broad SMARTS) is 1. The number of benzene rings is 2. The zero-order valence-corrected chi connectivity index (χ0v) is 11.8. The summed E-state index contributed by atoms with van der Waals surface area (Å²) in [5.74, 6) is -0.0942. The molecule has 21 heavy (non-hydrogen) atoms. The van der Waals surface area contributed by atoms with Crippen molar-refractivity contribution in [2.45, 2.75) is 12.8 Å². The summed E-state index contributed by atoms with van der Waals surface area (Å²) in [6.07, 6.45) is 4.08. The van der Waals surface area contributed by atoms with Crippen molar-refractivity contribution >= 4 is 11.5 Å². The molecule has 0 unspecified atom stereocenters. The number of aromatic carboxylic acids is 1. The van der Waals surface area contributed by atoms with Gasteiger partial charge in [-0.25, -0.2) is 4.79 Å². The molecule has 106 valence electrons. The molecule has 0 fully saturated rings. The molecule has 0 amide bonds. The third-order valence-corrected chi connectivity index (χ3v) is 3.79. The molecule has 0 aromatic heterocycles. The highest BCUT2D eigenvalue weighted by atomic mass is 16.5. The molecule has 2 aromatic carbocycles. The zero-order valence-electron chi connectivity index (χ0n) is 11.8. The fourth-order valence-electron chi connectivity index (χ4n) is 2.72. The number of fused-ring (bicyclic) bond motifs is 1. The molecular formula is C18H16O3. The van der Waals surface area contributed by atoms with Gasteiger partial charge in [-0.2, -0.15) is 0 Å². The average Bonchev–Trinajstić information content (AvgIpc) is 2.53. The smallest absolute Gasteiger partial charge is 0.335 e. The van der Waals surface area contributed by atoms with Crippen molar-refractivity contribution in [2.75, 3.05) is 7.11 Å². The van der Waals surface area contributed by atoms with Crippen molar-refractivity contribution in [1.29, 1.82) is 0 Å². The first-order valence-corrected chi connectivity index (χ1v) is 6.90. The molecular weight excluding hydrogens is 264 g/mol. The Hall–Kier alpha value is -2.55. The van der Waals surface area contributed by atoms with Crippen molar-refractivity contribution in [3.8, 4) is 5.75 Å². The Balaban J connectivity index is 2.11. The number of carbonyl (C=O) groups is 1. The Labute approximate surface area is 123 Å². The largest absolute Gasteiger partial charge is 0.497 e. The Bertz CT molecular complexity index is 729. The lowest BCUT2D eigenvalue weighted by molar-refractivity contribution is 0.0697. The van der Waals surface area contributed by atoms with Crippen LogP contribution in [0.15, 0.2) is 48.5 Å². The van der Waals surface area contributed by atoms with Crippen LogP contribution in [-0.4, -0.2) is 18.2 Å². The fourth-order valence-corrected chi connectivity index (χ4v) is 2.72. The van der Waals surface area contributed by atoms with Crippen molar-refractivity contribution in [1.82, 2.24) is 0 Å². The maximum atomic E-state index is 11.2. The SMILES string of the molecule is COc1cccc(C2=CCCc3ccc(C(=O)O)cc32)c1. The summed E-state index contributed by atoms with van der Waals surface area (Å²) in [6, 6.07) is 13.2. The van der Waals surface area contributed by atoms with Gasteiger partial charge in [-0.1, -0.05) is 24.3 Å². The summed E-state index contributed by atoms with van der Waals surface area (Å²) >= 11 is 0. The van der Waals surface area contributed by atoms with Gasteiger partial charge in [0.15, 0.2) is 0 Å². The number of hydrogen-bond donors (Lipinski definition) is 1. The van der Waals surface area contributed by atoms with Crippen LogP contribution in [0.25, 0.3) is 5.57 Å². The molecule has 3 nitrogen and oxygen atoms in total. The second-order valence-electron chi connectivity index (χ2n) is 5.07. The van der Waals surface area contributed by atoms with Crippen molar-refractivity contribution in [3.05, 3.63) is 70.8 Å². The molecule has 1 aliphatic carbocycles. The van der Waals surface area contributed by atoms with E-state index in [1.54, 1.807) is 19.2 Å². The molecule has 0 radical (unpaired) electrons. The number of carboxylic acids is 1. The van der Waals surface area contributed by atoms with Crippen LogP contribution in [0.1, 0.15) is 33.5 Å². The van der Waals surface area contributed by atoms with E-state index in [-0.39, 0.29) is 0 Å². The van der Waals surface area contributed by atoms with Crippen LogP contribution < -0.4 is 4.74 Å². The first kappa shape index (κ1) is 13.4. The Morgan fingerprint density at radius 2 is 2.05 bits per heavy atom. The monoisotopic (exact) mass is 280 g/mol. The molecule has 2 aromatic rings. The summed E-state index contributed by atoms with van der Waals surface area (Å²) in [6.45, 7) is 0. The molecule has 0 saturated carbocycles. The van der Waals surface area contributed by atoms with Gasteiger partial charge < -0.3 is 9.84 Å². The van der Waals surface area contributed by atoms with Gasteiger partial charge in [0, 0.05) is 0 Å². The Morgan fingerprint density at radius 3 is 2.81 bits per heavy atom. The van der Waals surface area contributed by atoms with Gasteiger partial charge >= 0.3 is 5.97 Å². The van der Waals surface area contributed by atoms with Gasteiger partial charge in [0.25, 0.3) is 0 Å². The van der Waals surface area contributed by atoms with Gasteiger partial charge in [0.05, 0.1) is 12.7 Å². The summed E-state index contributed by atoms with van der Waals surface area (Å²) in [4.78, 5) is 11.2. The highest BCUT2D eigenvalue weighted by molar-refractivity contribution is 5.91. The van der Waals surface area contributed by atoms with Crippen molar-refractivity contribution in [3.63, 3.8) is 0 Å². The van der Waals surface area contributed by atoms with Crippen LogP contribution in [0.5, 0.6) is 5.75 Å². The predicted molar refractivity (Wildman–Crippen MR) is 81.8 cm³/mol. The van der Waals surface area contributed by atoms with Gasteiger partial charge in [-0.15, -0.1) is 0 Å². The van der Waals surface area contributed by atoms with Crippen LogP contribution in [0.2, 0.25) is 0 Å². The number of ether oxygens (including phenoxy) is 1. The van der Waals surface area contributed by atoms with E-state index in [0.717, 1.165) is 35.3 Å². The van der Waals surface area contributed by atoms with Gasteiger partial charge in [-0.05, 0) is 59.4 Å². The van der Waals surface area contributed by atoms with Crippen LogP contribution in [0.3, 0.4) is 0 Å². The molecule has 0 bridgehead atoms. The number of hydrogen-bond acceptors (Lipinski definition) is 2. The molecule has 1 N–H and O–H groups in total. The number of allylic oxidation sites excluding steroid dienone is 1. The van der Waals surface area contributed by atoms with Crippen LogP contribution in [0.4, 0.5) is 0 Å². The second kappa shape index (κ2) is 5.44. The van der Waals surface area contributed by atoms with Gasteiger partial charge in [-0.3, -0.25) is 0 Å². The summed E-state index contributed by atoms with van der Waals surface area (Å²) in [7, 11) is 1.64. The van der Waals surface area contributed by atoms with E-state index >= 15 is 0 Å². The third-order valence-electron chi connectivity index (χ3n) is 3.79. The lowest BCUT2D eigenvalue weighted by Crippen LogP contribution is -2.05. The van der Waals surface area contributed by atoms with E-state index in [9.17, 15) is 9.90 Å². The van der Waals surface area contributed by atoms with E-state index in [1.807, 2.05) is 30.3 Å². The normalized spacial score (nSPS) is 13.3. The van der Waals surface area contributed by atoms with Crippen LogP contribution in [-0.2, 0) is 6.42 Å². The zero-order chi connectivity index (χ0) is 14.8. The highest BCUT2D eigenvalue weighted by Crippen LogP contribution is 2.33. The first-order chi connectivity index (χ1) is 10.2. The van der Waals surface area contributed by atoms with E-state index in [2.05, 4.69) is 6.08 Å². The number of methoxy groups -OCH3 is 1. The molecule has 0 spiro atoms. The van der Waals surface area contributed by atoms with Crippen LogP contribution >= 0.6 is 0 Å². The minimum absolute atomic E-state index is 0.324. The molecule has 0 heterocycles. The standard InChI is InChI=1S/C18H16O3/c1-21-15-6-2-5-13(10-15)16-7-3-4-12-8-9-14(18(19)20)11-17(12)16/h2,5-11H,3-4H2,1H3,(H,19,20). The fraction of sp³-hybridized carbons (Fsp3) is 0.167. The predicted octanol–water partition coefficient (Wildman–Crippen LogP) is 3.77. The quantitative estimate of drug-likeness (QED) is 0.931. The van der Waals surface area contributed by atoms with Gasteiger partial charge in [0.1, 0.15) is 5.75 Å². The van der Waals surface area contributed by atoms with E-state index < -0.39 is 5.97 Å². The summed E-state index contributed by atoms with van der Waals surface area (Å²) in [5, 5.41) is 9.19. The molecule has 3 rings (SSSR count). The number of rotatable bonds is 3. The maximum absolute atomic E-state index is 11.2. The summed E-state index contributed by atoms with van der Waals surface area (Å²) in [5.41, 5.74) is 4.66. The lowest BCUT2D eigenvalue weighted by Gasteiger charge is -2.19. The van der Waals surface area contributed by atoms with Crippen LogP contribution in [0, 0.1) is 0 Å². The topological polar surface area (TPSA) is 46.5 Å². The minimum atomic E-state index is -0.895. The minimum Gasteiger partial charge on any atom is -0.497 e. The van der Waals surface area contributed by atoms with Crippen molar-refractivity contribution < 1.29 is 14.6 Å². The van der Waals surface area contributed by atoms with Gasteiger partial charge in [0.2, 0.25) is 0 Å². The van der Waals surface area contributed by atoms with E-state index in [0.29, 0.717) is 5.56 Å². The molecule has 3 heteroatoms. The third kappa shape index (κ3) is 2.55. The molecule has 0 aliphatic heterocycles. The molecule has 0 atom stereocenters. The summed E-state index contributed by atoms with van der Waals surface area (Å²) < 4.78 is 5.27. The number of aryl methyl sites for hydroxylation is 1. The molecule has 1 aliphatic rings. The second-order valence-corrected chi connectivity index (χ2v) is 5.07. The Morgan fingerprint density at radius 1 is 1.19 bits per heavy atom. The molecule has 0 saturated heterocycles. The van der Waals surface area contributed by atoms with Crippen molar-refractivity contribution in [2.24, 2.45) is 0 Å². The average molecular weight is 280 g/mol. The lowest BCUT2D eigenvalue weighted by atomic mass is 9.86. The van der Waals surface area contributed by atoms with E-state index in [4.69, 9.17) is 4.74 Å². The van der Waals surface area contributed by atoms with E-state index in [1.165, 1.54) is 5.56 Å². The maximum Gasteiger partial charge on any atom is 0.335 e. The Kier molecular flexibility index (Phi) is 3.48.